The second kappa shape index (κ2) is 6.18. The highest BCUT2D eigenvalue weighted by Crippen LogP contribution is 2.35. The van der Waals surface area contributed by atoms with Gasteiger partial charge in [-0.2, -0.15) is 0 Å². The van der Waals surface area contributed by atoms with Gasteiger partial charge in [0.15, 0.2) is 0 Å². The lowest BCUT2D eigenvalue weighted by molar-refractivity contribution is -0.145. The Bertz CT molecular complexity index is 477. The second-order valence-electron chi connectivity index (χ2n) is 6.65. The van der Waals surface area contributed by atoms with Gasteiger partial charge in [0, 0.05) is 18.5 Å². The first-order valence-electron chi connectivity index (χ1n) is 8.26. The molecule has 1 amide bonds. The molecule has 0 saturated carbocycles. The summed E-state index contributed by atoms with van der Waals surface area (Å²) in [5, 5.41) is 0. The number of amides is 1. The largest absolute Gasteiger partial charge is 0.335 e. The molecule has 0 bridgehead atoms. The fourth-order valence-electron chi connectivity index (χ4n) is 3.57. The third-order valence-corrected chi connectivity index (χ3v) is 5.10. The number of carbonyl (C=O) groups is 1. The van der Waals surface area contributed by atoms with Crippen molar-refractivity contribution >= 4 is 5.91 Å². The average Bonchev–Trinajstić information content (AvgIpc) is 2.47. The van der Waals surface area contributed by atoms with Crippen molar-refractivity contribution in [2.24, 2.45) is 5.92 Å². The molecule has 3 nitrogen and oxygen atoms in total. The van der Waals surface area contributed by atoms with Gasteiger partial charge in [0.05, 0.1) is 6.04 Å². The fourth-order valence-corrected chi connectivity index (χ4v) is 3.57. The smallest absolute Gasteiger partial charge is 0.226 e. The Hall–Kier alpha value is -1.35. The molecule has 0 N–H and O–H groups in total. The predicted octanol–water partition coefficient (Wildman–Crippen LogP) is 3.08. The van der Waals surface area contributed by atoms with Gasteiger partial charge in [0.2, 0.25) is 5.91 Å². The molecule has 1 aromatic carbocycles. The number of likely N-dealkylation sites (tertiary alicyclic amines) is 2. The maximum Gasteiger partial charge on any atom is 0.226 e. The van der Waals surface area contributed by atoms with Crippen LogP contribution in [0.4, 0.5) is 0 Å². The first kappa shape index (κ1) is 14.6. The fraction of sp³-hybridized carbons (Fsp3) is 0.611. The monoisotopic (exact) mass is 286 g/mol. The zero-order valence-corrected chi connectivity index (χ0v) is 13.2. The third-order valence-electron chi connectivity index (χ3n) is 5.10. The van der Waals surface area contributed by atoms with Crippen molar-refractivity contribution < 1.29 is 4.79 Å². The van der Waals surface area contributed by atoms with Gasteiger partial charge in [-0.3, -0.25) is 4.79 Å². The molecule has 2 aliphatic rings. The SMILES string of the molecule is CC(C)N1CCC(C(=O)N2CC[C@@H]2c2ccccc2)CC1. The van der Waals surface area contributed by atoms with E-state index in [0.717, 1.165) is 38.9 Å². The molecule has 2 heterocycles. The van der Waals surface area contributed by atoms with Crippen molar-refractivity contribution in [2.75, 3.05) is 19.6 Å². The van der Waals surface area contributed by atoms with E-state index >= 15 is 0 Å². The van der Waals surface area contributed by atoms with Crippen LogP contribution in [0.25, 0.3) is 0 Å². The maximum atomic E-state index is 12.7. The molecule has 3 rings (SSSR count). The predicted molar refractivity (Wildman–Crippen MR) is 84.9 cm³/mol. The number of piperidine rings is 1. The van der Waals surface area contributed by atoms with Crippen LogP contribution < -0.4 is 0 Å². The summed E-state index contributed by atoms with van der Waals surface area (Å²) in [6, 6.07) is 11.4. The molecule has 3 heteroatoms. The maximum absolute atomic E-state index is 12.7. The zero-order valence-electron chi connectivity index (χ0n) is 13.2. The minimum absolute atomic E-state index is 0.242. The van der Waals surface area contributed by atoms with Crippen molar-refractivity contribution in [1.82, 2.24) is 9.80 Å². The summed E-state index contributed by atoms with van der Waals surface area (Å²) in [7, 11) is 0. The summed E-state index contributed by atoms with van der Waals surface area (Å²) in [5.41, 5.74) is 1.29. The van der Waals surface area contributed by atoms with Gasteiger partial charge in [0.1, 0.15) is 0 Å². The molecule has 1 atom stereocenters. The standard InChI is InChI=1S/C18H26N2O/c1-14(2)19-11-8-16(9-12-19)18(21)20-13-10-17(20)15-6-4-3-5-7-15/h3-7,14,16-17H,8-13H2,1-2H3/t17-/m1/s1. The number of benzene rings is 1. The Morgan fingerprint density at radius 2 is 1.71 bits per heavy atom. The molecule has 0 radical (unpaired) electrons. The van der Waals surface area contributed by atoms with E-state index in [9.17, 15) is 4.79 Å². The first-order chi connectivity index (χ1) is 10.2. The first-order valence-corrected chi connectivity index (χ1v) is 8.26. The summed E-state index contributed by atoms with van der Waals surface area (Å²) >= 11 is 0. The molecule has 2 aliphatic heterocycles. The number of rotatable bonds is 3. The van der Waals surface area contributed by atoms with Gasteiger partial charge < -0.3 is 9.80 Å². The minimum Gasteiger partial charge on any atom is -0.335 e. The van der Waals surface area contributed by atoms with Crippen LogP contribution in [-0.4, -0.2) is 41.4 Å². The van der Waals surface area contributed by atoms with Crippen molar-refractivity contribution in [1.29, 1.82) is 0 Å². The van der Waals surface area contributed by atoms with Crippen LogP contribution >= 0.6 is 0 Å². The Labute approximate surface area is 127 Å². The second-order valence-corrected chi connectivity index (χ2v) is 6.65. The van der Waals surface area contributed by atoms with Gasteiger partial charge in [-0.15, -0.1) is 0 Å². The van der Waals surface area contributed by atoms with Gasteiger partial charge in [0.25, 0.3) is 0 Å². The van der Waals surface area contributed by atoms with Gasteiger partial charge in [-0.05, 0) is 51.8 Å². The van der Waals surface area contributed by atoms with Gasteiger partial charge >= 0.3 is 0 Å². The van der Waals surface area contributed by atoms with Crippen LogP contribution in [0.3, 0.4) is 0 Å². The Kier molecular flexibility index (Phi) is 4.29. The lowest BCUT2D eigenvalue weighted by Gasteiger charge is -2.44. The number of hydrogen-bond acceptors (Lipinski definition) is 2. The molecule has 1 aromatic rings. The quantitative estimate of drug-likeness (QED) is 0.852. The Balaban J connectivity index is 1.59. The van der Waals surface area contributed by atoms with Crippen LogP contribution in [-0.2, 0) is 4.79 Å². The van der Waals surface area contributed by atoms with E-state index in [4.69, 9.17) is 0 Å². The van der Waals surface area contributed by atoms with Crippen LogP contribution in [0, 0.1) is 5.92 Å². The molecule has 0 unspecified atom stereocenters. The zero-order chi connectivity index (χ0) is 14.8. The van der Waals surface area contributed by atoms with E-state index in [1.807, 2.05) is 6.07 Å². The summed E-state index contributed by atoms with van der Waals surface area (Å²) in [4.78, 5) is 17.3. The van der Waals surface area contributed by atoms with Crippen LogP contribution in [0.1, 0.15) is 44.7 Å². The number of hydrogen-bond donors (Lipinski definition) is 0. The summed E-state index contributed by atoms with van der Waals surface area (Å²) in [6.07, 6.45) is 3.16. The van der Waals surface area contributed by atoms with Gasteiger partial charge in [-0.1, -0.05) is 30.3 Å². The van der Waals surface area contributed by atoms with Crippen molar-refractivity contribution in [2.45, 2.75) is 45.2 Å². The molecule has 21 heavy (non-hydrogen) atoms. The third kappa shape index (κ3) is 2.98. The van der Waals surface area contributed by atoms with Crippen molar-refractivity contribution in [3.05, 3.63) is 35.9 Å². The summed E-state index contributed by atoms with van der Waals surface area (Å²) < 4.78 is 0. The van der Waals surface area contributed by atoms with Crippen LogP contribution in [0.2, 0.25) is 0 Å². The van der Waals surface area contributed by atoms with E-state index in [1.165, 1.54) is 5.56 Å². The van der Waals surface area contributed by atoms with Crippen molar-refractivity contribution in [3.8, 4) is 0 Å². The Morgan fingerprint density at radius 1 is 1.05 bits per heavy atom. The van der Waals surface area contributed by atoms with Crippen LogP contribution in [0.15, 0.2) is 30.3 Å². The normalized spacial score (nSPS) is 24.1. The summed E-state index contributed by atoms with van der Waals surface area (Å²) in [6.45, 7) is 7.55. The van der Waals surface area contributed by atoms with E-state index < -0.39 is 0 Å². The Morgan fingerprint density at radius 3 is 2.24 bits per heavy atom. The molecular weight excluding hydrogens is 260 g/mol. The van der Waals surface area contributed by atoms with Gasteiger partial charge in [-0.25, -0.2) is 0 Å². The molecule has 2 saturated heterocycles. The summed E-state index contributed by atoms with van der Waals surface area (Å²) in [5.74, 6) is 0.630. The molecule has 0 spiro atoms. The lowest BCUT2D eigenvalue weighted by Crippen LogP contribution is -2.50. The molecular formula is C18H26N2O. The highest BCUT2D eigenvalue weighted by molar-refractivity contribution is 5.80. The average molecular weight is 286 g/mol. The number of nitrogens with zero attached hydrogens (tertiary/aromatic N) is 2. The van der Waals surface area contributed by atoms with E-state index in [0.29, 0.717) is 18.0 Å². The topological polar surface area (TPSA) is 23.6 Å². The molecule has 0 aliphatic carbocycles. The highest BCUT2D eigenvalue weighted by Gasteiger charge is 2.37. The highest BCUT2D eigenvalue weighted by atomic mass is 16.2. The van der Waals surface area contributed by atoms with Crippen LogP contribution in [0.5, 0.6) is 0 Å². The molecule has 2 fully saturated rings. The minimum atomic E-state index is 0.242. The van der Waals surface area contributed by atoms with E-state index in [-0.39, 0.29) is 5.92 Å². The lowest BCUT2D eigenvalue weighted by atomic mass is 9.89. The van der Waals surface area contributed by atoms with E-state index in [2.05, 4.69) is 47.9 Å². The number of carbonyl (C=O) groups excluding carboxylic acids is 1. The van der Waals surface area contributed by atoms with E-state index in [1.54, 1.807) is 0 Å². The van der Waals surface area contributed by atoms with Crippen molar-refractivity contribution in [3.63, 3.8) is 0 Å². The molecule has 0 aromatic heterocycles. The molecule has 114 valence electrons.